The van der Waals surface area contributed by atoms with E-state index in [0.717, 1.165) is 0 Å². The summed E-state index contributed by atoms with van der Waals surface area (Å²) in [6.07, 6.45) is 0.614. The van der Waals surface area contributed by atoms with E-state index in [9.17, 15) is 4.79 Å². The lowest BCUT2D eigenvalue weighted by Gasteiger charge is -2.07. The maximum Gasteiger partial charge on any atom is 0.311 e. The van der Waals surface area contributed by atoms with Gasteiger partial charge in [-0.15, -0.1) is 0 Å². The minimum Gasteiger partial charge on any atom is -0.493 e. The summed E-state index contributed by atoms with van der Waals surface area (Å²) >= 11 is 0. The molecule has 4 heteroatoms. The second kappa shape index (κ2) is 6.03. The fraction of sp³-hybridized carbons (Fsp3) is 0.364. The van der Waals surface area contributed by atoms with E-state index in [0.29, 0.717) is 17.9 Å². The van der Waals surface area contributed by atoms with Crippen molar-refractivity contribution < 1.29 is 19.4 Å². The van der Waals surface area contributed by atoms with Gasteiger partial charge in [-0.3, -0.25) is 4.79 Å². The van der Waals surface area contributed by atoms with Crippen molar-refractivity contribution in [2.75, 3.05) is 13.7 Å². The number of carbonyl (C=O) groups excluding carboxylic acids is 1. The quantitative estimate of drug-likeness (QED) is 0.589. The highest BCUT2D eigenvalue weighted by atomic mass is 16.6. The van der Waals surface area contributed by atoms with Crippen LogP contribution in [0.1, 0.15) is 12.8 Å². The summed E-state index contributed by atoms with van der Waals surface area (Å²) in [4.78, 5) is 11.3. The van der Waals surface area contributed by atoms with Gasteiger partial charge in [-0.05, 0) is 18.6 Å². The van der Waals surface area contributed by atoms with Crippen molar-refractivity contribution in [1.82, 2.24) is 0 Å². The topological polar surface area (TPSA) is 55.8 Å². The van der Waals surface area contributed by atoms with Crippen molar-refractivity contribution >= 4 is 5.97 Å². The molecule has 0 unspecified atom stereocenters. The van der Waals surface area contributed by atoms with Crippen LogP contribution in [0.4, 0.5) is 0 Å². The van der Waals surface area contributed by atoms with Gasteiger partial charge in [0.25, 0.3) is 0 Å². The summed E-state index contributed by atoms with van der Waals surface area (Å²) in [5.74, 6) is 0.561. The maximum atomic E-state index is 11.3. The van der Waals surface area contributed by atoms with Crippen LogP contribution in [-0.2, 0) is 4.79 Å². The van der Waals surface area contributed by atoms with Crippen LogP contribution in [-0.4, -0.2) is 24.8 Å². The van der Waals surface area contributed by atoms with Crippen molar-refractivity contribution in [1.29, 1.82) is 0 Å². The van der Waals surface area contributed by atoms with Crippen LogP contribution in [0, 0.1) is 0 Å². The van der Waals surface area contributed by atoms with Crippen molar-refractivity contribution in [3.05, 3.63) is 24.3 Å². The molecule has 4 nitrogen and oxygen atoms in total. The fourth-order valence-corrected chi connectivity index (χ4v) is 1.10. The first-order valence-corrected chi connectivity index (χ1v) is 4.72. The first-order valence-electron chi connectivity index (χ1n) is 4.72. The summed E-state index contributed by atoms with van der Waals surface area (Å²) in [6.45, 7) is -0.0129. The molecule has 0 spiro atoms. The number of hydrogen-bond donors (Lipinski definition) is 1. The van der Waals surface area contributed by atoms with Gasteiger partial charge in [-0.1, -0.05) is 12.1 Å². The minimum absolute atomic E-state index is 0.0129. The number of benzene rings is 1. The summed E-state index contributed by atoms with van der Waals surface area (Å²) in [7, 11) is 1.51. The molecular weight excluding hydrogens is 196 g/mol. The number of carbonyl (C=O) groups is 1. The highest BCUT2D eigenvalue weighted by molar-refractivity contribution is 5.73. The lowest BCUT2D eigenvalue weighted by Crippen LogP contribution is -2.09. The third-order valence-electron chi connectivity index (χ3n) is 1.83. The van der Waals surface area contributed by atoms with Gasteiger partial charge in [0, 0.05) is 13.0 Å². The summed E-state index contributed by atoms with van der Waals surface area (Å²) in [5, 5.41) is 8.55. The molecule has 1 aromatic rings. The second-order valence-electron chi connectivity index (χ2n) is 2.95. The molecule has 1 aromatic carbocycles. The summed E-state index contributed by atoms with van der Waals surface area (Å²) in [5.41, 5.74) is 0. The minimum atomic E-state index is -0.367. The lowest BCUT2D eigenvalue weighted by atomic mass is 10.3. The zero-order valence-electron chi connectivity index (χ0n) is 8.60. The zero-order chi connectivity index (χ0) is 11.1. The third kappa shape index (κ3) is 3.59. The van der Waals surface area contributed by atoms with E-state index in [2.05, 4.69) is 0 Å². The molecule has 82 valence electrons. The molecular formula is C11H14O4. The van der Waals surface area contributed by atoms with E-state index in [-0.39, 0.29) is 19.0 Å². The van der Waals surface area contributed by atoms with E-state index in [1.54, 1.807) is 24.3 Å². The molecule has 0 aliphatic rings. The molecule has 1 rings (SSSR count). The smallest absolute Gasteiger partial charge is 0.311 e. The molecule has 0 atom stereocenters. The van der Waals surface area contributed by atoms with Crippen LogP contribution < -0.4 is 9.47 Å². The number of rotatable bonds is 5. The van der Waals surface area contributed by atoms with Gasteiger partial charge in [0.05, 0.1) is 7.11 Å². The van der Waals surface area contributed by atoms with E-state index >= 15 is 0 Å². The number of hydrogen-bond acceptors (Lipinski definition) is 4. The van der Waals surface area contributed by atoms with Crippen LogP contribution in [0.2, 0.25) is 0 Å². The Morgan fingerprint density at radius 2 is 2.00 bits per heavy atom. The van der Waals surface area contributed by atoms with E-state index in [1.165, 1.54) is 7.11 Å². The normalized spacial score (nSPS) is 9.73. The Hall–Kier alpha value is -1.55. The van der Waals surface area contributed by atoms with Crippen LogP contribution in [0.5, 0.6) is 11.5 Å². The molecule has 0 saturated heterocycles. The van der Waals surface area contributed by atoms with Crippen LogP contribution in [0.15, 0.2) is 24.3 Å². The molecule has 0 amide bonds. The fourth-order valence-electron chi connectivity index (χ4n) is 1.10. The van der Waals surface area contributed by atoms with Crippen LogP contribution in [0.25, 0.3) is 0 Å². The molecule has 0 heterocycles. The summed E-state index contributed by atoms with van der Waals surface area (Å²) in [6, 6.07) is 6.94. The second-order valence-corrected chi connectivity index (χ2v) is 2.95. The van der Waals surface area contributed by atoms with Gasteiger partial charge in [0.2, 0.25) is 0 Å². The Labute approximate surface area is 88.4 Å². The third-order valence-corrected chi connectivity index (χ3v) is 1.83. The molecule has 0 bridgehead atoms. The monoisotopic (exact) mass is 210 g/mol. The number of ether oxygens (including phenoxy) is 2. The SMILES string of the molecule is COc1ccccc1OC(=O)CCCO. The molecule has 0 fully saturated rings. The number of aliphatic hydroxyl groups excluding tert-OH is 1. The van der Waals surface area contributed by atoms with E-state index in [4.69, 9.17) is 14.6 Å². The Bertz CT molecular complexity index is 322. The van der Waals surface area contributed by atoms with E-state index in [1.807, 2.05) is 0 Å². The first kappa shape index (κ1) is 11.5. The average molecular weight is 210 g/mol. The van der Waals surface area contributed by atoms with Crippen molar-refractivity contribution in [2.45, 2.75) is 12.8 Å². The van der Waals surface area contributed by atoms with Gasteiger partial charge >= 0.3 is 5.97 Å². The molecule has 0 radical (unpaired) electrons. The largest absolute Gasteiger partial charge is 0.493 e. The average Bonchev–Trinajstić information content (AvgIpc) is 2.27. The maximum absolute atomic E-state index is 11.3. The number of esters is 1. The van der Waals surface area contributed by atoms with Gasteiger partial charge in [-0.2, -0.15) is 0 Å². The number of methoxy groups -OCH3 is 1. The number of para-hydroxylation sites is 2. The number of aliphatic hydroxyl groups is 1. The van der Waals surface area contributed by atoms with Crippen LogP contribution in [0.3, 0.4) is 0 Å². The van der Waals surface area contributed by atoms with Gasteiger partial charge in [0.15, 0.2) is 11.5 Å². The van der Waals surface area contributed by atoms with Crippen molar-refractivity contribution in [2.24, 2.45) is 0 Å². The van der Waals surface area contributed by atoms with Crippen LogP contribution >= 0.6 is 0 Å². The Morgan fingerprint density at radius 3 is 2.60 bits per heavy atom. The molecule has 1 N–H and O–H groups in total. The molecule has 0 aliphatic heterocycles. The lowest BCUT2D eigenvalue weighted by molar-refractivity contribution is -0.134. The standard InChI is InChI=1S/C11H14O4/c1-14-9-5-2-3-6-10(9)15-11(13)7-4-8-12/h2-3,5-6,12H,4,7-8H2,1H3. The van der Waals surface area contributed by atoms with E-state index < -0.39 is 0 Å². The Balaban J connectivity index is 2.59. The first-order chi connectivity index (χ1) is 7.27. The zero-order valence-corrected chi connectivity index (χ0v) is 8.60. The molecule has 0 aromatic heterocycles. The Kier molecular flexibility index (Phi) is 4.63. The molecule has 0 aliphatic carbocycles. The van der Waals surface area contributed by atoms with Gasteiger partial charge in [0.1, 0.15) is 0 Å². The van der Waals surface area contributed by atoms with Gasteiger partial charge < -0.3 is 14.6 Å². The summed E-state index contributed by atoms with van der Waals surface area (Å²) < 4.78 is 10.1. The predicted octanol–water partition coefficient (Wildman–Crippen LogP) is 1.37. The highest BCUT2D eigenvalue weighted by Crippen LogP contribution is 2.26. The molecule has 15 heavy (non-hydrogen) atoms. The van der Waals surface area contributed by atoms with Gasteiger partial charge in [-0.25, -0.2) is 0 Å². The van der Waals surface area contributed by atoms with Crippen molar-refractivity contribution in [3.63, 3.8) is 0 Å². The highest BCUT2D eigenvalue weighted by Gasteiger charge is 2.08. The Morgan fingerprint density at radius 1 is 1.33 bits per heavy atom. The molecule has 0 saturated carbocycles. The predicted molar refractivity (Wildman–Crippen MR) is 54.9 cm³/mol. The van der Waals surface area contributed by atoms with Crippen molar-refractivity contribution in [3.8, 4) is 11.5 Å².